The minimum atomic E-state index is -4.61. The Morgan fingerprint density at radius 2 is 1.76 bits per heavy atom. The quantitative estimate of drug-likeness (QED) is 0.141. The van der Waals surface area contributed by atoms with E-state index in [0.29, 0.717) is 0 Å². The highest BCUT2D eigenvalue weighted by Crippen LogP contribution is 2.60. The van der Waals surface area contributed by atoms with Crippen LogP contribution in [-0.2, 0) is 21.0 Å². The molecule has 2 aromatic carbocycles. The number of rotatable bonds is 8. The Balaban J connectivity index is 0.000000415. The van der Waals surface area contributed by atoms with E-state index >= 15 is 0 Å². The van der Waals surface area contributed by atoms with Crippen LogP contribution in [0.2, 0.25) is 0 Å². The fourth-order valence-electron chi connectivity index (χ4n) is 4.00. The fourth-order valence-corrected chi connectivity index (χ4v) is 4.28. The predicted octanol–water partition coefficient (Wildman–Crippen LogP) is 8.13. The standard InChI is InChI=1S/C23H22ClF3O2.C7H14N2O2S/c1-14-16(10-7-11-17(14)15-8-5-4-6-9-15)13-29-21(28)20-18(22(20,2)3)12-19(24)23(25,26)27;1-7(2,12-4)5-9-11-6(10)8-3/h4-12,18,20H,13H2,1-3H3;5H,1-4H3,(H,8,10)/b19-12-;9-5+. The summed E-state index contributed by atoms with van der Waals surface area (Å²) in [5.41, 5.74) is 3.34. The lowest BCUT2D eigenvalue weighted by atomic mass is 9.97. The molecular weight excluding hydrogens is 577 g/mol. The van der Waals surface area contributed by atoms with Gasteiger partial charge in [0.25, 0.3) is 0 Å². The number of thioether (sulfide) groups is 1. The predicted molar refractivity (Wildman–Crippen MR) is 159 cm³/mol. The molecule has 1 saturated carbocycles. The van der Waals surface area contributed by atoms with Crippen LogP contribution in [0.15, 0.2) is 64.8 Å². The molecule has 1 aliphatic rings. The Morgan fingerprint density at radius 3 is 2.32 bits per heavy atom. The second kappa shape index (κ2) is 14.3. The first-order valence-corrected chi connectivity index (χ1v) is 14.4. The Hall–Kier alpha value is -2.98. The van der Waals surface area contributed by atoms with Crippen LogP contribution in [0.25, 0.3) is 11.1 Å². The lowest BCUT2D eigenvalue weighted by Gasteiger charge is -2.13. The summed E-state index contributed by atoms with van der Waals surface area (Å²) in [6.45, 7) is 9.47. The minimum Gasteiger partial charge on any atom is -0.461 e. The number of ether oxygens (including phenoxy) is 1. The van der Waals surface area contributed by atoms with Gasteiger partial charge in [0.15, 0.2) is 0 Å². The van der Waals surface area contributed by atoms with Gasteiger partial charge < -0.3 is 10.1 Å². The van der Waals surface area contributed by atoms with Crippen molar-refractivity contribution in [3.63, 3.8) is 0 Å². The van der Waals surface area contributed by atoms with Gasteiger partial charge in [-0.1, -0.05) is 85.2 Å². The average molecular weight is 613 g/mol. The number of nitrogens with one attached hydrogen (secondary N) is 1. The summed E-state index contributed by atoms with van der Waals surface area (Å²) in [7, 11) is 1.48. The van der Waals surface area contributed by atoms with E-state index in [4.69, 9.17) is 16.3 Å². The van der Waals surface area contributed by atoms with E-state index in [0.717, 1.165) is 28.3 Å². The van der Waals surface area contributed by atoms with E-state index in [2.05, 4.69) is 15.3 Å². The molecule has 0 aromatic heterocycles. The molecule has 2 atom stereocenters. The summed E-state index contributed by atoms with van der Waals surface area (Å²) >= 11 is 6.97. The van der Waals surface area contributed by atoms with Crippen LogP contribution >= 0.6 is 23.4 Å². The second-order valence-corrected chi connectivity index (χ2v) is 12.4. The van der Waals surface area contributed by atoms with Crippen LogP contribution < -0.4 is 5.32 Å². The zero-order valence-electron chi connectivity index (χ0n) is 24.1. The number of amides is 1. The molecule has 2 aromatic rings. The highest BCUT2D eigenvalue weighted by atomic mass is 35.5. The molecule has 3 rings (SSSR count). The van der Waals surface area contributed by atoms with Gasteiger partial charge in [0.2, 0.25) is 0 Å². The summed E-state index contributed by atoms with van der Waals surface area (Å²) in [6, 6.07) is 15.6. The number of hydrogen-bond donors (Lipinski definition) is 1. The van der Waals surface area contributed by atoms with Crippen molar-refractivity contribution in [2.75, 3.05) is 13.3 Å². The number of hydrogen-bond acceptors (Lipinski definition) is 6. The number of allylic oxidation sites excluding steroid dienone is 2. The lowest BCUT2D eigenvalue weighted by molar-refractivity contribution is -0.147. The molecular formula is C30H36ClF3N2O4S. The molecule has 0 spiro atoms. The van der Waals surface area contributed by atoms with Crippen molar-refractivity contribution in [2.45, 2.75) is 52.1 Å². The van der Waals surface area contributed by atoms with Crippen molar-refractivity contribution in [3.05, 3.63) is 70.8 Å². The van der Waals surface area contributed by atoms with Crippen molar-refractivity contribution in [1.82, 2.24) is 5.32 Å². The highest BCUT2D eigenvalue weighted by Gasteiger charge is 2.62. The molecule has 1 amide bonds. The zero-order chi connectivity index (χ0) is 31.0. The van der Waals surface area contributed by atoms with E-state index in [9.17, 15) is 22.8 Å². The Labute approximate surface area is 248 Å². The van der Waals surface area contributed by atoms with Crippen molar-refractivity contribution in [3.8, 4) is 11.1 Å². The van der Waals surface area contributed by atoms with E-state index in [-0.39, 0.29) is 11.4 Å². The number of benzene rings is 2. The van der Waals surface area contributed by atoms with Gasteiger partial charge in [-0.3, -0.25) is 9.63 Å². The van der Waals surface area contributed by atoms with E-state index in [1.807, 2.05) is 75.6 Å². The van der Waals surface area contributed by atoms with Crippen molar-refractivity contribution in [1.29, 1.82) is 0 Å². The average Bonchev–Trinajstić information content (AvgIpc) is 3.47. The van der Waals surface area contributed by atoms with Crippen LogP contribution in [0.1, 0.15) is 38.8 Å². The molecule has 1 aliphatic carbocycles. The molecule has 0 heterocycles. The number of esters is 1. The van der Waals surface area contributed by atoms with Gasteiger partial charge in [-0.05, 0) is 60.6 Å². The van der Waals surface area contributed by atoms with Crippen molar-refractivity contribution < 1.29 is 32.3 Å². The first-order valence-electron chi connectivity index (χ1n) is 12.8. The first kappa shape index (κ1) is 34.2. The lowest BCUT2D eigenvalue weighted by Crippen LogP contribution is -2.19. The van der Waals surface area contributed by atoms with Gasteiger partial charge in [0.1, 0.15) is 11.6 Å². The third-order valence-corrected chi connectivity index (χ3v) is 8.39. The largest absolute Gasteiger partial charge is 0.461 e. The number of halogens is 4. The fraction of sp³-hybridized carbons (Fsp3) is 0.433. The molecule has 11 heteroatoms. The van der Waals surface area contributed by atoms with Gasteiger partial charge >= 0.3 is 18.2 Å². The third-order valence-electron chi connectivity index (χ3n) is 6.89. The highest BCUT2D eigenvalue weighted by molar-refractivity contribution is 8.00. The number of oxime groups is 1. The summed E-state index contributed by atoms with van der Waals surface area (Å²) in [5.74, 6) is -1.75. The van der Waals surface area contributed by atoms with Gasteiger partial charge in [-0.15, -0.1) is 0 Å². The van der Waals surface area contributed by atoms with Crippen LogP contribution in [0.5, 0.6) is 0 Å². The molecule has 0 bridgehead atoms. The van der Waals surface area contributed by atoms with Gasteiger partial charge in [0, 0.05) is 11.8 Å². The zero-order valence-corrected chi connectivity index (χ0v) is 25.7. The molecule has 6 nitrogen and oxygen atoms in total. The van der Waals surface area contributed by atoms with Gasteiger partial charge in [0.05, 0.1) is 12.1 Å². The number of carbonyl (C=O) groups excluding carboxylic acids is 2. The summed E-state index contributed by atoms with van der Waals surface area (Å²) in [4.78, 5) is 27.5. The number of alkyl halides is 3. The summed E-state index contributed by atoms with van der Waals surface area (Å²) in [5, 5.41) is 4.62. The minimum absolute atomic E-state index is 0.0708. The van der Waals surface area contributed by atoms with Crippen molar-refractivity contribution >= 4 is 41.6 Å². The topological polar surface area (TPSA) is 77.0 Å². The maximum atomic E-state index is 12.7. The SMILES string of the molecule is CNC(=O)O/N=C/C(C)(C)SC.Cc1c(COC(=O)C2C(/C=C(\Cl)C(F)(F)F)C2(C)C)cccc1-c1ccccc1. The molecule has 0 saturated heterocycles. The maximum Gasteiger partial charge on any atom is 0.433 e. The molecule has 1 fully saturated rings. The van der Waals surface area contributed by atoms with Crippen molar-refractivity contribution in [2.24, 2.45) is 22.4 Å². The van der Waals surface area contributed by atoms with Crippen LogP contribution in [0.3, 0.4) is 0 Å². The van der Waals surface area contributed by atoms with Crippen LogP contribution in [-0.4, -0.2) is 42.5 Å². The number of nitrogens with zero attached hydrogens (tertiary/aromatic N) is 1. The second-order valence-electron chi connectivity index (χ2n) is 10.6. The number of carbonyl (C=O) groups is 2. The first-order chi connectivity index (χ1) is 19.0. The van der Waals surface area contributed by atoms with E-state index < -0.39 is 40.5 Å². The Kier molecular flexibility index (Phi) is 11.9. The molecule has 224 valence electrons. The van der Waals surface area contributed by atoms with Crippen LogP contribution in [0.4, 0.5) is 18.0 Å². The van der Waals surface area contributed by atoms with E-state index in [1.165, 1.54) is 7.05 Å². The molecule has 0 radical (unpaired) electrons. The Bertz CT molecular complexity index is 1260. The van der Waals surface area contributed by atoms with Gasteiger partial charge in [-0.2, -0.15) is 24.9 Å². The monoisotopic (exact) mass is 612 g/mol. The molecule has 41 heavy (non-hydrogen) atoms. The maximum absolute atomic E-state index is 12.7. The van der Waals surface area contributed by atoms with Gasteiger partial charge in [-0.25, -0.2) is 4.79 Å². The Morgan fingerprint density at radius 1 is 1.12 bits per heavy atom. The summed E-state index contributed by atoms with van der Waals surface area (Å²) < 4.78 is 43.4. The molecule has 1 N–H and O–H groups in total. The van der Waals surface area contributed by atoms with Crippen LogP contribution in [0, 0.1) is 24.2 Å². The summed E-state index contributed by atoms with van der Waals surface area (Å²) in [6.07, 6.45) is -0.680. The molecule has 2 unspecified atom stereocenters. The molecule has 0 aliphatic heterocycles. The normalized spacial score (nSPS) is 18.3. The smallest absolute Gasteiger partial charge is 0.433 e. The van der Waals surface area contributed by atoms with E-state index in [1.54, 1.807) is 31.8 Å². The third kappa shape index (κ3) is 9.81.